The smallest absolute Gasteiger partial charge is 0.264 e. The molecule has 9 heteroatoms. The molecule has 1 aromatic rings. The van der Waals surface area contributed by atoms with Crippen LogP contribution in [0.15, 0.2) is 18.2 Å². The van der Waals surface area contributed by atoms with Crippen LogP contribution in [0.3, 0.4) is 0 Å². The number of imide groups is 2. The summed E-state index contributed by atoms with van der Waals surface area (Å²) in [5.74, 6) is -1.09. The Kier molecular flexibility index (Phi) is 7.90. The fraction of sp³-hybridized carbons (Fsp3) is 0.643. The first-order valence-electron chi connectivity index (χ1n) is 13.8. The van der Waals surface area contributed by atoms with Gasteiger partial charge in [0.15, 0.2) is 0 Å². The van der Waals surface area contributed by atoms with Gasteiger partial charge in [0.2, 0.25) is 11.8 Å². The van der Waals surface area contributed by atoms with Crippen LogP contribution in [0, 0.1) is 5.92 Å². The van der Waals surface area contributed by atoms with Gasteiger partial charge in [-0.1, -0.05) is 25.3 Å². The fourth-order valence-corrected chi connectivity index (χ4v) is 6.16. The van der Waals surface area contributed by atoms with E-state index in [1.54, 1.807) is 18.2 Å². The number of benzene rings is 1. The van der Waals surface area contributed by atoms with Gasteiger partial charge in [-0.2, -0.15) is 0 Å². The molecule has 1 unspecified atom stereocenters. The second-order valence-corrected chi connectivity index (χ2v) is 11.1. The quantitative estimate of drug-likeness (QED) is 0.368. The predicted molar refractivity (Wildman–Crippen MR) is 138 cm³/mol. The lowest BCUT2D eigenvalue weighted by Crippen LogP contribution is -2.54. The Morgan fingerprint density at radius 2 is 1.84 bits per heavy atom. The summed E-state index contributed by atoms with van der Waals surface area (Å²) in [6, 6.07) is 4.37. The van der Waals surface area contributed by atoms with E-state index in [1.165, 1.54) is 38.6 Å². The van der Waals surface area contributed by atoms with Crippen LogP contribution in [0.2, 0.25) is 0 Å². The topological polar surface area (TPSA) is 108 Å². The molecule has 4 aliphatic rings. The minimum absolute atomic E-state index is 0.106. The molecule has 2 aliphatic heterocycles. The summed E-state index contributed by atoms with van der Waals surface area (Å²) in [6.07, 6.45) is 10.1. The minimum atomic E-state index is -0.957. The van der Waals surface area contributed by atoms with Crippen molar-refractivity contribution in [1.82, 2.24) is 15.1 Å². The molecule has 3 fully saturated rings. The summed E-state index contributed by atoms with van der Waals surface area (Å²) in [5.41, 5.74) is 1.21. The Balaban J connectivity index is 1.07. The van der Waals surface area contributed by atoms with Crippen molar-refractivity contribution in [3.63, 3.8) is 0 Å². The first-order chi connectivity index (χ1) is 17.9. The van der Waals surface area contributed by atoms with Crippen molar-refractivity contribution >= 4 is 29.3 Å². The van der Waals surface area contributed by atoms with E-state index >= 15 is 0 Å². The molecule has 0 spiro atoms. The zero-order valence-electron chi connectivity index (χ0n) is 21.7. The van der Waals surface area contributed by atoms with Gasteiger partial charge in [-0.15, -0.1) is 0 Å². The highest BCUT2D eigenvalue weighted by atomic mass is 16.5. The number of piperidine rings is 1. The molecule has 200 valence electrons. The summed E-state index contributed by atoms with van der Waals surface area (Å²) in [6.45, 7) is 3.00. The number of carbonyl (C=O) groups excluding carboxylic acids is 4. The van der Waals surface area contributed by atoms with Gasteiger partial charge in [0.1, 0.15) is 6.04 Å². The number of ether oxygens (including phenoxy) is 1. The lowest BCUT2D eigenvalue weighted by atomic mass is 9.88. The van der Waals surface area contributed by atoms with Crippen LogP contribution >= 0.6 is 0 Å². The van der Waals surface area contributed by atoms with Gasteiger partial charge >= 0.3 is 0 Å². The Morgan fingerprint density at radius 3 is 2.59 bits per heavy atom. The molecule has 1 aromatic carbocycles. The maximum absolute atomic E-state index is 13.2. The highest BCUT2D eigenvalue weighted by Gasteiger charge is 2.46. The van der Waals surface area contributed by atoms with Crippen molar-refractivity contribution in [3.05, 3.63) is 29.3 Å². The van der Waals surface area contributed by atoms with Gasteiger partial charge in [0.25, 0.3) is 11.8 Å². The molecule has 0 aromatic heterocycles. The van der Waals surface area contributed by atoms with E-state index < -0.39 is 23.8 Å². The van der Waals surface area contributed by atoms with Crippen molar-refractivity contribution in [3.8, 4) is 0 Å². The number of anilines is 1. The average Bonchev–Trinajstić information content (AvgIpc) is 3.11. The first kappa shape index (κ1) is 25.9. The number of nitrogens with zero attached hydrogens (tertiary/aromatic N) is 2. The third-order valence-electron chi connectivity index (χ3n) is 8.25. The monoisotopic (exact) mass is 510 g/mol. The van der Waals surface area contributed by atoms with Gasteiger partial charge in [-0.25, -0.2) is 0 Å². The third kappa shape index (κ3) is 5.72. The minimum Gasteiger partial charge on any atom is -0.381 e. The molecule has 9 nitrogen and oxygen atoms in total. The van der Waals surface area contributed by atoms with E-state index in [4.69, 9.17) is 4.74 Å². The molecule has 0 bridgehead atoms. The summed E-state index contributed by atoms with van der Waals surface area (Å²) in [5, 5.41) is 5.65. The van der Waals surface area contributed by atoms with E-state index in [0.717, 1.165) is 43.2 Å². The van der Waals surface area contributed by atoms with Crippen molar-refractivity contribution in [2.45, 2.75) is 82.4 Å². The van der Waals surface area contributed by atoms with Gasteiger partial charge in [-0.3, -0.25) is 29.4 Å². The van der Waals surface area contributed by atoms with Gasteiger partial charge < -0.3 is 15.0 Å². The molecule has 2 N–H and O–H groups in total. The Labute approximate surface area is 218 Å². The molecule has 1 atom stereocenters. The molecule has 2 saturated carbocycles. The lowest BCUT2D eigenvalue weighted by molar-refractivity contribution is -0.136. The van der Waals surface area contributed by atoms with E-state index in [9.17, 15) is 19.2 Å². The van der Waals surface area contributed by atoms with Crippen molar-refractivity contribution in [2.75, 3.05) is 32.1 Å². The first-order valence-corrected chi connectivity index (χ1v) is 13.8. The van der Waals surface area contributed by atoms with E-state index in [-0.39, 0.29) is 30.9 Å². The zero-order chi connectivity index (χ0) is 25.9. The molecular formula is C28H38N4O5. The highest BCUT2D eigenvalue weighted by Crippen LogP contribution is 2.35. The number of amides is 4. The van der Waals surface area contributed by atoms with Gasteiger partial charge in [0.05, 0.1) is 17.2 Å². The standard InChI is InChI=1S/C28H38N4O5/c1-31(17-18-7-3-2-4-8-18)13-6-14-37-20-15-19(16-20)29-22-10-5-9-21-25(22)28(36)32(27(21)35)23-11-12-24(33)30-26(23)34/h5,9-10,18-20,23,29H,2-4,6-8,11-17H2,1H3,(H,30,33,34)/t19-,20-,23?. The van der Waals surface area contributed by atoms with Gasteiger partial charge in [-0.05, 0) is 63.6 Å². The number of hydrogen-bond donors (Lipinski definition) is 2. The van der Waals surface area contributed by atoms with Crippen molar-refractivity contribution in [1.29, 1.82) is 0 Å². The van der Waals surface area contributed by atoms with Crippen LogP contribution < -0.4 is 10.6 Å². The SMILES string of the molecule is CN(CCCO[C@H]1C[C@H](Nc2cccc3c2C(=O)N(C2CCC(=O)NC2=O)C3=O)C1)CC1CCCCC1. The van der Waals surface area contributed by atoms with E-state index in [1.807, 2.05) is 0 Å². The maximum atomic E-state index is 13.2. The molecule has 0 radical (unpaired) electrons. The highest BCUT2D eigenvalue weighted by molar-refractivity contribution is 6.25. The van der Waals surface area contributed by atoms with Crippen LogP contribution in [-0.2, 0) is 14.3 Å². The van der Waals surface area contributed by atoms with E-state index in [0.29, 0.717) is 16.8 Å². The summed E-state index contributed by atoms with van der Waals surface area (Å²) >= 11 is 0. The van der Waals surface area contributed by atoms with Crippen LogP contribution in [-0.4, -0.2) is 78.4 Å². The largest absolute Gasteiger partial charge is 0.381 e. The molecule has 1 saturated heterocycles. The normalized spacial score (nSPS) is 26.3. The van der Waals surface area contributed by atoms with Crippen molar-refractivity contribution < 1.29 is 23.9 Å². The second kappa shape index (κ2) is 11.3. The molecule has 5 rings (SSSR count). The molecule has 2 aliphatic carbocycles. The summed E-state index contributed by atoms with van der Waals surface area (Å²) in [4.78, 5) is 53.5. The molecule has 2 heterocycles. The number of carbonyl (C=O) groups is 4. The Morgan fingerprint density at radius 1 is 1.05 bits per heavy atom. The molecule has 4 amide bonds. The second-order valence-electron chi connectivity index (χ2n) is 11.1. The van der Waals surface area contributed by atoms with Crippen LogP contribution in [0.1, 0.15) is 84.9 Å². The zero-order valence-corrected chi connectivity index (χ0v) is 21.7. The summed E-state index contributed by atoms with van der Waals surface area (Å²) < 4.78 is 6.07. The predicted octanol–water partition coefficient (Wildman–Crippen LogP) is 2.95. The van der Waals surface area contributed by atoms with Crippen LogP contribution in [0.5, 0.6) is 0 Å². The van der Waals surface area contributed by atoms with Crippen LogP contribution in [0.25, 0.3) is 0 Å². The number of hydrogen-bond acceptors (Lipinski definition) is 7. The Hall–Kier alpha value is -2.78. The number of fused-ring (bicyclic) bond motifs is 1. The lowest BCUT2D eigenvalue weighted by Gasteiger charge is -2.36. The van der Waals surface area contributed by atoms with Crippen LogP contribution in [0.4, 0.5) is 5.69 Å². The summed E-state index contributed by atoms with van der Waals surface area (Å²) in [7, 11) is 2.21. The molecule has 37 heavy (non-hydrogen) atoms. The maximum Gasteiger partial charge on any atom is 0.264 e. The third-order valence-corrected chi connectivity index (χ3v) is 8.25. The fourth-order valence-electron chi connectivity index (χ4n) is 6.16. The number of rotatable bonds is 10. The average molecular weight is 511 g/mol. The van der Waals surface area contributed by atoms with Gasteiger partial charge in [0, 0.05) is 37.8 Å². The van der Waals surface area contributed by atoms with Crippen molar-refractivity contribution in [2.24, 2.45) is 5.92 Å². The number of nitrogens with one attached hydrogen (secondary N) is 2. The van der Waals surface area contributed by atoms with E-state index in [2.05, 4.69) is 22.6 Å². The Bertz CT molecular complexity index is 1050. The molecular weight excluding hydrogens is 472 g/mol.